The first-order valence-corrected chi connectivity index (χ1v) is 6.64. The summed E-state index contributed by atoms with van der Waals surface area (Å²) in [5.74, 6) is -0.0620. The molecule has 0 spiro atoms. The lowest BCUT2D eigenvalue weighted by Gasteiger charge is -2.08. The molecule has 7 heteroatoms. The second kappa shape index (κ2) is 7.84. The molecule has 1 aromatic carbocycles. The molecule has 22 heavy (non-hydrogen) atoms. The SMILES string of the molecule is O=C(COc1cccc(NC(=O)c2ccco2)c1)NCCO. The fraction of sp³-hybridized carbons (Fsp3) is 0.200. The van der Waals surface area contributed by atoms with E-state index in [-0.39, 0.29) is 37.3 Å². The molecule has 0 aliphatic carbocycles. The minimum Gasteiger partial charge on any atom is -0.484 e. The third-order valence-electron chi connectivity index (χ3n) is 2.64. The number of aliphatic hydroxyl groups is 1. The van der Waals surface area contributed by atoms with E-state index in [4.69, 9.17) is 14.3 Å². The molecule has 7 nitrogen and oxygen atoms in total. The van der Waals surface area contributed by atoms with Gasteiger partial charge in [0.2, 0.25) is 0 Å². The number of amides is 2. The smallest absolute Gasteiger partial charge is 0.291 e. The Morgan fingerprint density at radius 2 is 2.09 bits per heavy atom. The van der Waals surface area contributed by atoms with Gasteiger partial charge in [-0.3, -0.25) is 9.59 Å². The van der Waals surface area contributed by atoms with Gasteiger partial charge in [0, 0.05) is 18.3 Å². The van der Waals surface area contributed by atoms with Gasteiger partial charge in [0.15, 0.2) is 12.4 Å². The lowest BCUT2D eigenvalue weighted by Crippen LogP contribution is -2.31. The van der Waals surface area contributed by atoms with Crippen molar-refractivity contribution in [3.63, 3.8) is 0 Å². The molecule has 0 saturated carbocycles. The van der Waals surface area contributed by atoms with E-state index in [9.17, 15) is 9.59 Å². The van der Waals surface area contributed by atoms with Crippen LogP contribution < -0.4 is 15.4 Å². The van der Waals surface area contributed by atoms with Crippen molar-refractivity contribution < 1.29 is 23.8 Å². The molecule has 0 atom stereocenters. The lowest BCUT2D eigenvalue weighted by atomic mass is 10.3. The molecule has 1 heterocycles. The number of hydrogen-bond acceptors (Lipinski definition) is 5. The van der Waals surface area contributed by atoms with Crippen molar-refractivity contribution in [1.29, 1.82) is 0 Å². The third kappa shape index (κ3) is 4.64. The number of rotatable bonds is 7. The molecule has 0 bridgehead atoms. The Hall–Kier alpha value is -2.80. The van der Waals surface area contributed by atoms with Crippen molar-refractivity contribution in [2.24, 2.45) is 0 Å². The predicted molar refractivity (Wildman–Crippen MR) is 78.7 cm³/mol. The van der Waals surface area contributed by atoms with Gasteiger partial charge in [0.05, 0.1) is 12.9 Å². The summed E-state index contributed by atoms with van der Waals surface area (Å²) in [7, 11) is 0. The summed E-state index contributed by atoms with van der Waals surface area (Å²) in [5, 5.41) is 13.7. The van der Waals surface area contributed by atoms with Crippen molar-refractivity contribution >= 4 is 17.5 Å². The second-order valence-electron chi connectivity index (χ2n) is 4.32. The highest BCUT2D eigenvalue weighted by atomic mass is 16.5. The summed E-state index contributed by atoms with van der Waals surface area (Å²) in [6, 6.07) is 9.83. The zero-order valence-electron chi connectivity index (χ0n) is 11.7. The molecule has 2 amide bonds. The van der Waals surface area contributed by atoms with Gasteiger partial charge in [-0.15, -0.1) is 0 Å². The predicted octanol–water partition coefficient (Wildman–Crippen LogP) is 1.02. The van der Waals surface area contributed by atoms with Gasteiger partial charge < -0.3 is 24.9 Å². The van der Waals surface area contributed by atoms with Crippen LogP contribution in [0.4, 0.5) is 5.69 Å². The zero-order chi connectivity index (χ0) is 15.8. The van der Waals surface area contributed by atoms with Gasteiger partial charge in [0.1, 0.15) is 5.75 Å². The van der Waals surface area contributed by atoms with Gasteiger partial charge in [-0.25, -0.2) is 0 Å². The van der Waals surface area contributed by atoms with Crippen molar-refractivity contribution in [3.8, 4) is 5.75 Å². The molecule has 2 rings (SSSR count). The topological polar surface area (TPSA) is 101 Å². The van der Waals surface area contributed by atoms with E-state index in [1.54, 1.807) is 36.4 Å². The fourth-order valence-electron chi connectivity index (χ4n) is 1.66. The molecule has 0 radical (unpaired) electrons. The largest absolute Gasteiger partial charge is 0.484 e. The monoisotopic (exact) mass is 304 g/mol. The zero-order valence-corrected chi connectivity index (χ0v) is 11.7. The lowest BCUT2D eigenvalue weighted by molar-refractivity contribution is -0.123. The van der Waals surface area contributed by atoms with Crippen LogP contribution in [0.5, 0.6) is 5.75 Å². The van der Waals surface area contributed by atoms with Crippen LogP contribution in [0.25, 0.3) is 0 Å². The molecule has 116 valence electrons. The number of ether oxygens (including phenoxy) is 1. The molecule has 0 aliphatic heterocycles. The van der Waals surface area contributed by atoms with Crippen LogP contribution >= 0.6 is 0 Å². The highest BCUT2D eigenvalue weighted by Crippen LogP contribution is 2.18. The van der Waals surface area contributed by atoms with E-state index in [0.29, 0.717) is 11.4 Å². The molecule has 1 aromatic heterocycles. The second-order valence-corrected chi connectivity index (χ2v) is 4.32. The average molecular weight is 304 g/mol. The Labute approximate surface area is 126 Å². The Morgan fingerprint density at radius 3 is 2.82 bits per heavy atom. The number of aliphatic hydroxyl groups excluding tert-OH is 1. The van der Waals surface area contributed by atoms with Gasteiger partial charge in [-0.2, -0.15) is 0 Å². The van der Waals surface area contributed by atoms with Crippen molar-refractivity contribution in [3.05, 3.63) is 48.4 Å². The van der Waals surface area contributed by atoms with E-state index in [0.717, 1.165) is 0 Å². The molecule has 0 aliphatic rings. The summed E-state index contributed by atoms with van der Waals surface area (Å²) in [4.78, 5) is 23.2. The maximum Gasteiger partial charge on any atom is 0.291 e. The van der Waals surface area contributed by atoms with Crippen LogP contribution in [-0.2, 0) is 4.79 Å². The Bertz CT molecular complexity index is 625. The molecule has 2 aromatic rings. The quantitative estimate of drug-likeness (QED) is 0.709. The Morgan fingerprint density at radius 1 is 1.23 bits per heavy atom. The van der Waals surface area contributed by atoms with E-state index in [1.807, 2.05) is 0 Å². The maximum atomic E-state index is 11.8. The summed E-state index contributed by atoms with van der Waals surface area (Å²) in [6.07, 6.45) is 1.42. The van der Waals surface area contributed by atoms with E-state index in [2.05, 4.69) is 10.6 Å². The van der Waals surface area contributed by atoms with Crippen LogP contribution in [0, 0.1) is 0 Å². The number of hydrogen-bond donors (Lipinski definition) is 3. The fourth-order valence-corrected chi connectivity index (χ4v) is 1.66. The number of carbonyl (C=O) groups excluding carboxylic acids is 2. The van der Waals surface area contributed by atoms with Crippen molar-refractivity contribution in [2.75, 3.05) is 25.1 Å². The molecule has 0 fully saturated rings. The van der Waals surface area contributed by atoms with E-state index in [1.165, 1.54) is 6.26 Å². The minimum absolute atomic E-state index is 0.125. The number of carbonyl (C=O) groups is 2. The van der Waals surface area contributed by atoms with Crippen LogP contribution in [0.2, 0.25) is 0 Å². The maximum absolute atomic E-state index is 11.8. The number of furan rings is 1. The van der Waals surface area contributed by atoms with Crippen LogP contribution in [0.15, 0.2) is 47.1 Å². The number of nitrogens with one attached hydrogen (secondary N) is 2. The summed E-state index contributed by atoms with van der Waals surface area (Å²) >= 11 is 0. The first kappa shape index (κ1) is 15.6. The standard InChI is InChI=1S/C15H16N2O5/c18-7-6-16-14(19)10-22-12-4-1-3-11(9-12)17-15(20)13-5-2-8-21-13/h1-5,8-9,18H,6-7,10H2,(H,16,19)(H,17,20). The molecule has 0 saturated heterocycles. The molecule has 3 N–H and O–H groups in total. The Kier molecular flexibility index (Phi) is 5.56. The number of anilines is 1. The number of benzene rings is 1. The van der Waals surface area contributed by atoms with Gasteiger partial charge >= 0.3 is 0 Å². The molecule has 0 unspecified atom stereocenters. The van der Waals surface area contributed by atoms with Gasteiger partial charge in [0.25, 0.3) is 11.8 Å². The van der Waals surface area contributed by atoms with Crippen molar-refractivity contribution in [1.82, 2.24) is 5.32 Å². The normalized spacial score (nSPS) is 10.0. The Balaban J connectivity index is 1.89. The third-order valence-corrected chi connectivity index (χ3v) is 2.64. The van der Waals surface area contributed by atoms with E-state index < -0.39 is 0 Å². The highest BCUT2D eigenvalue weighted by Gasteiger charge is 2.09. The van der Waals surface area contributed by atoms with Crippen LogP contribution in [0.3, 0.4) is 0 Å². The van der Waals surface area contributed by atoms with Crippen molar-refractivity contribution in [2.45, 2.75) is 0 Å². The first-order chi connectivity index (χ1) is 10.7. The average Bonchev–Trinajstić information content (AvgIpc) is 3.06. The molecular weight excluding hydrogens is 288 g/mol. The summed E-state index contributed by atoms with van der Waals surface area (Å²) in [6.45, 7) is -0.114. The van der Waals surface area contributed by atoms with Gasteiger partial charge in [-0.05, 0) is 24.3 Å². The minimum atomic E-state index is -0.372. The first-order valence-electron chi connectivity index (χ1n) is 6.64. The summed E-state index contributed by atoms with van der Waals surface area (Å²) in [5.41, 5.74) is 0.523. The highest BCUT2D eigenvalue weighted by molar-refractivity contribution is 6.02. The summed E-state index contributed by atoms with van der Waals surface area (Å²) < 4.78 is 10.3. The van der Waals surface area contributed by atoms with E-state index >= 15 is 0 Å². The molecular formula is C15H16N2O5. The van der Waals surface area contributed by atoms with Gasteiger partial charge in [-0.1, -0.05) is 6.07 Å². The van der Waals surface area contributed by atoms with Crippen LogP contribution in [0.1, 0.15) is 10.6 Å². The van der Waals surface area contributed by atoms with Crippen LogP contribution in [-0.4, -0.2) is 36.7 Å².